The lowest BCUT2D eigenvalue weighted by Crippen LogP contribution is -2.55. The number of thiocarbonyl (C=S) groups is 1. The molecule has 0 spiro atoms. The van der Waals surface area contributed by atoms with E-state index < -0.39 is 11.7 Å². The molecule has 0 saturated heterocycles. The van der Waals surface area contributed by atoms with Gasteiger partial charge in [-0.3, -0.25) is 4.79 Å². The predicted octanol–water partition coefficient (Wildman–Crippen LogP) is 5.50. The van der Waals surface area contributed by atoms with E-state index in [4.69, 9.17) is 12.2 Å². The molecule has 2 N–H and O–H groups in total. The molecule has 0 aromatic heterocycles. The van der Waals surface area contributed by atoms with Crippen LogP contribution in [0.1, 0.15) is 44.1 Å². The number of halogens is 4. The number of nitrogens with one attached hydrogen (secondary N) is 2. The smallest absolute Gasteiger partial charge is 0.332 e. The highest BCUT2D eigenvalue weighted by Gasteiger charge is 2.54. The van der Waals surface area contributed by atoms with E-state index in [1.807, 2.05) is 0 Å². The second-order valence-corrected chi connectivity index (χ2v) is 9.66. The molecule has 0 heterocycles. The monoisotopic (exact) mass is 460 g/mol. The fourth-order valence-corrected chi connectivity index (χ4v) is 6.32. The molecule has 8 heteroatoms. The maximum atomic E-state index is 13.0. The quantitative estimate of drug-likeness (QED) is 0.572. The fourth-order valence-electron chi connectivity index (χ4n) is 5.61. The van der Waals surface area contributed by atoms with E-state index in [2.05, 4.69) is 26.6 Å². The summed E-state index contributed by atoms with van der Waals surface area (Å²) in [6.07, 6.45) is 1.95. The van der Waals surface area contributed by atoms with Gasteiger partial charge in [-0.1, -0.05) is 15.9 Å². The minimum atomic E-state index is -4.45. The number of carbonyl (C=O) groups excluding carboxylic acids is 1. The number of benzene rings is 1. The molecule has 1 aromatic carbocycles. The van der Waals surface area contributed by atoms with Crippen molar-refractivity contribution in [3.63, 3.8) is 0 Å². The maximum absolute atomic E-state index is 13.0. The molecule has 3 nitrogen and oxygen atoms in total. The van der Waals surface area contributed by atoms with Crippen LogP contribution in [0.4, 0.5) is 18.9 Å². The maximum Gasteiger partial charge on any atom is 0.416 e. The van der Waals surface area contributed by atoms with Gasteiger partial charge in [-0.2, -0.15) is 13.2 Å². The molecule has 0 radical (unpaired) electrons. The number of rotatable bonds is 2. The van der Waals surface area contributed by atoms with Gasteiger partial charge in [0.1, 0.15) is 0 Å². The van der Waals surface area contributed by atoms with Crippen molar-refractivity contribution in [3.8, 4) is 0 Å². The Hall–Kier alpha value is -1.15. The van der Waals surface area contributed by atoms with Gasteiger partial charge in [0.25, 0.3) is 0 Å². The number of hydrogen-bond donors (Lipinski definition) is 2. The standard InChI is InChI=1S/C19H20BrF3N2OS/c20-14-4-13(19(21,22)23)5-15(6-14)24-17(27)25-16(26)18-7-10-1-11(8-18)3-12(2-10)9-18/h4-6,10-12H,1-3,7-9H2,(H2,24,25,26,27). The molecule has 4 fully saturated rings. The van der Waals surface area contributed by atoms with E-state index in [0.29, 0.717) is 17.8 Å². The van der Waals surface area contributed by atoms with E-state index in [1.54, 1.807) is 0 Å². The van der Waals surface area contributed by atoms with Crippen molar-refractivity contribution in [1.29, 1.82) is 0 Å². The van der Waals surface area contributed by atoms with Crippen molar-refractivity contribution >= 4 is 44.9 Å². The Morgan fingerprint density at radius 1 is 1.07 bits per heavy atom. The number of amides is 1. The lowest BCUT2D eigenvalue weighted by molar-refractivity contribution is -0.144. The van der Waals surface area contributed by atoms with Crippen molar-refractivity contribution in [2.24, 2.45) is 23.2 Å². The van der Waals surface area contributed by atoms with Gasteiger partial charge in [-0.05, 0) is 86.7 Å². The molecule has 0 atom stereocenters. The molecular weight excluding hydrogens is 441 g/mol. The summed E-state index contributed by atoms with van der Waals surface area (Å²) in [5.41, 5.74) is -0.948. The van der Waals surface area contributed by atoms with E-state index in [-0.39, 0.29) is 26.6 Å². The van der Waals surface area contributed by atoms with Crippen molar-refractivity contribution in [2.45, 2.75) is 44.7 Å². The second kappa shape index (κ2) is 6.72. The first-order chi connectivity index (χ1) is 12.6. The first-order valence-corrected chi connectivity index (χ1v) is 10.3. The van der Waals surface area contributed by atoms with E-state index >= 15 is 0 Å². The van der Waals surface area contributed by atoms with Crippen LogP contribution in [0.15, 0.2) is 22.7 Å². The molecule has 1 amide bonds. The average Bonchev–Trinajstić information content (AvgIpc) is 2.51. The Balaban J connectivity index is 1.44. The topological polar surface area (TPSA) is 41.1 Å². The van der Waals surface area contributed by atoms with Gasteiger partial charge in [-0.15, -0.1) is 0 Å². The SMILES string of the molecule is O=C(NC(=S)Nc1cc(Br)cc(C(F)(F)F)c1)C12CC3CC(CC(C3)C1)C2. The minimum absolute atomic E-state index is 0.0435. The highest BCUT2D eigenvalue weighted by molar-refractivity contribution is 9.10. The molecule has 27 heavy (non-hydrogen) atoms. The molecule has 0 unspecified atom stereocenters. The van der Waals surface area contributed by atoms with Crippen LogP contribution < -0.4 is 10.6 Å². The molecular formula is C19H20BrF3N2OS. The summed E-state index contributed by atoms with van der Waals surface area (Å²) in [5, 5.41) is 5.52. The number of hydrogen-bond acceptors (Lipinski definition) is 2. The highest BCUT2D eigenvalue weighted by Crippen LogP contribution is 2.60. The van der Waals surface area contributed by atoms with E-state index in [9.17, 15) is 18.0 Å². The fraction of sp³-hybridized carbons (Fsp3) is 0.579. The summed E-state index contributed by atoms with van der Waals surface area (Å²) in [7, 11) is 0. The van der Waals surface area contributed by atoms with Gasteiger partial charge in [-0.25, -0.2) is 0 Å². The summed E-state index contributed by atoms with van der Waals surface area (Å²) in [6, 6.07) is 3.48. The Morgan fingerprint density at radius 3 is 2.15 bits per heavy atom. The first kappa shape index (κ1) is 19.2. The lowest BCUT2D eigenvalue weighted by atomic mass is 9.49. The van der Waals surface area contributed by atoms with Crippen molar-refractivity contribution < 1.29 is 18.0 Å². The van der Waals surface area contributed by atoms with Crippen molar-refractivity contribution in [2.75, 3.05) is 5.32 Å². The summed E-state index contributed by atoms with van der Waals surface area (Å²) in [6.45, 7) is 0. The summed E-state index contributed by atoms with van der Waals surface area (Å²) < 4.78 is 39.2. The molecule has 5 rings (SSSR count). The van der Waals surface area contributed by atoms with Gasteiger partial charge in [0, 0.05) is 10.2 Å². The average molecular weight is 461 g/mol. The van der Waals surface area contributed by atoms with Crippen LogP contribution in [-0.2, 0) is 11.0 Å². The molecule has 0 aliphatic heterocycles. The zero-order valence-electron chi connectivity index (χ0n) is 14.5. The zero-order chi connectivity index (χ0) is 19.4. The van der Waals surface area contributed by atoms with E-state index in [1.165, 1.54) is 25.3 Å². The Morgan fingerprint density at radius 2 is 1.63 bits per heavy atom. The Labute approximate surface area is 169 Å². The van der Waals surface area contributed by atoms with Crippen LogP contribution in [0.2, 0.25) is 0 Å². The third kappa shape index (κ3) is 3.88. The van der Waals surface area contributed by atoms with Crippen LogP contribution >= 0.6 is 28.1 Å². The summed E-state index contributed by atoms with van der Waals surface area (Å²) in [4.78, 5) is 13.0. The van der Waals surface area contributed by atoms with Crippen molar-refractivity contribution in [1.82, 2.24) is 5.32 Å². The normalized spacial score (nSPS) is 31.6. The number of anilines is 1. The van der Waals surface area contributed by atoms with Gasteiger partial charge < -0.3 is 10.6 Å². The zero-order valence-corrected chi connectivity index (χ0v) is 16.9. The Bertz CT molecular complexity index is 760. The lowest BCUT2D eigenvalue weighted by Gasteiger charge is -2.55. The van der Waals surface area contributed by atoms with Crippen LogP contribution in [0.25, 0.3) is 0 Å². The van der Waals surface area contributed by atoms with Gasteiger partial charge in [0.15, 0.2) is 5.11 Å². The molecule has 1 aromatic rings. The number of carbonyl (C=O) groups is 1. The highest BCUT2D eigenvalue weighted by atomic mass is 79.9. The molecule has 4 bridgehead atoms. The summed E-state index contributed by atoms with van der Waals surface area (Å²) in [5.74, 6) is 1.80. The molecule has 4 aliphatic carbocycles. The van der Waals surface area contributed by atoms with Crippen LogP contribution in [-0.4, -0.2) is 11.0 Å². The largest absolute Gasteiger partial charge is 0.416 e. The minimum Gasteiger partial charge on any atom is -0.332 e. The summed E-state index contributed by atoms with van der Waals surface area (Å²) >= 11 is 8.29. The van der Waals surface area contributed by atoms with Crippen LogP contribution in [0, 0.1) is 23.2 Å². The second-order valence-electron chi connectivity index (χ2n) is 8.33. The molecule has 4 saturated carbocycles. The van der Waals surface area contributed by atoms with Gasteiger partial charge in [0.05, 0.1) is 11.0 Å². The molecule has 146 valence electrons. The first-order valence-electron chi connectivity index (χ1n) is 9.13. The molecule has 4 aliphatic rings. The third-order valence-corrected chi connectivity index (χ3v) is 6.89. The van der Waals surface area contributed by atoms with Crippen LogP contribution in [0.5, 0.6) is 0 Å². The Kier molecular flexibility index (Phi) is 4.78. The van der Waals surface area contributed by atoms with Gasteiger partial charge >= 0.3 is 6.18 Å². The van der Waals surface area contributed by atoms with E-state index in [0.717, 1.165) is 31.4 Å². The number of alkyl halides is 3. The van der Waals surface area contributed by atoms with Crippen LogP contribution in [0.3, 0.4) is 0 Å². The predicted molar refractivity (Wildman–Crippen MR) is 104 cm³/mol. The van der Waals surface area contributed by atoms with Crippen molar-refractivity contribution in [3.05, 3.63) is 28.2 Å². The van der Waals surface area contributed by atoms with Gasteiger partial charge in [0.2, 0.25) is 5.91 Å². The third-order valence-electron chi connectivity index (χ3n) is 6.23.